The van der Waals surface area contributed by atoms with Gasteiger partial charge in [0.25, 0.3) is 0 Å². The van der Waals surface area contributed by atoms with Crippen molar-refractivity contribution in [1.29, 1.82) is 0 Å². The fraction of sp³-hybridized carbons (Fsp3) is 0.250. The fourth-order valence-electron chi connectivity index (χ4n) is 3.33. The van der Waals surface area contributed by atoms with Gasteiger partial charge in [-0.25, -0.2) is 4.79 Å². The van der Waals surface area contributed by atoms with E-state index in [0.29, 0.717) is 30.3 Å². The zero-order chi connectivity index (χ0) is 21.6. The highest BCUT2D eigenvalue weighted by Gasteiger charge is 2.36. The Morgan fingerprint density at radius 3 is 2.71 bits per heavy atom. The van der Waals surface area contributed by atoms with E-state index in [1.165, 1.54) is 12.1 Å². The summed E-state index contributed by atoms with van der Waals surface area (Å²) < 4.78 is 54.4. The van der Waals surface area contributed by atoms with E-state index in [1.54, 1.807) is 23.1 Å². The van der Waals surface area contributed by atoms with Crippen molar-refractivity contribution < 1.29 is 32.0 Å². The van der Waals surface area contributed by atoms with E-state index in [4.69, 9.17) is 14.0 Å². The Bertz CT molecular complexity index is 1140. The number of likely N-dealkylation sites (tertiary alicyclic amines) is 1. The zero-order valence-corrected chi connectivity index (χ0v) is 15.8. The normalized spacial score (nSPS) is 15.6. The van der Waals surface area contributed by atoms with Crippen molar-refractivity contribution in [2.45, 2.75) is 12.1 Å². The van der Waals surface area contributed by atoms with Crippen LogP contribution in [0.5, 0.6) is 11.5 Å². The minimum absolute atomic E-state index is 0.0735. The molecule has 1 saturated heterocycles. The van der Waals surface area contributed by atoms with Gasteiger partial charge in [0, 0.05) is 30.4 Å². The molecule has 31 heavy (non-hydrogen) atoms. The Morgan fingerprint density at radius 1 is 1.10 bits per heavy atom. The standard InChI is InChI=1S/C20H15F3N4O4/c21-20(22,23)13-3-1-2-11(6-13)17-25-18(31-26-17)12-8-27(9-12)19(28)24-14-4-5-15-16(7-14)30-10-29-15/h1-7,12H,8-10H2,(H,24,28). The summed E-state index contributed by atoms with van der Waals surface area (Å²) >= 11 is 0. The molecule has 3 heterocycles. The van der Waals surface area contributed by atoms with Gasteiger partial charge in [-0.1, -0.05) is 17.3 Å². The van der Waals surface area contributed by atoms with Crippen LogP contribution in [0.25, 0.3) is 11.4 Å². The van der Waals surface area contributed by atoms with Gasteiger partial charge in [0.2, 0.25) is 18.5 Å². The molecular weight excluding hydrogens is 417 g/mol. The summed E-state index contributed by atoms with van der Waals surface area (Å²) in [7, 11) is 0. The van der Waals surface area contributed by atoms with Gasteiger partial charge in [0.15, 0.2) is 11.5 Å². The molecule has 1 N–H and O–H groups in total. The van der Waals surface area contributed by atoms with Crippen molar-refractivity contribution in [3.05, 3.63) is 53.9 Å². The molecule has 1 fully saturated rings. The van der Waals surface area contributed by atoms with E-state index < -0.39 is 11.7 Å². The lowest BCUT2D eigenvalue weighted by Crippen LogP contribution is -2.50. The lowest BCUT2D eigenvalue weighted by Gasteiger charge is -2.36. The predicted octanol–water partition coefficient (Wildman–Crippen LogP) is 4.12. The van der Waals surface area contributed by atoms with Crippen molar-refractivity contribution >= 4 is 11.7 Å². The Labute approximate surface area is 173 Å². The Balaban J connectivity index is 1.21. The first-order valence-corrected chi connectivity index (χ1v) is 9.33. The monoisotopic (exact) mass is 432 g/mol. The summed E-state index contributed by atoms with van der Waals surface area (Å²) in [6, 6.07) is 9.53. The highest BCUT2D eigenvalue weighted by atomic mass is 19.4. The molecule has 0 atom stereocenters. The van der Waals surface area contributed by atoms with Crippen LogP contribution in [0.15, 0.2) is 47.0 Å². The highest BCUT2D eigenvalue weighted by Crippen LogP contribution is 2.35. The number of aromatic nitrogens is 2. The lowest BCUT2D eigenvalue weighted by molar-refractivity contribution is -0.137. The first-order valence-electron chi connectivity index (χ1n) is 9.33. The van der Waals surface area contributed by atoms with Crippen LogP contribution in [0.4, 0.5) is 23.7 Å². The lowest BCUT2D eigenvalue weighted by atomic mass is 10.0. The van der Waals surface area contributed by atoms with E-state index in [-0.39, 0.29) is 36.0 Å². The van der Waals surface area contributed by atoms with Gasteiger partial charge in [-0.3, -0.25) is 0 Å². The maximum absolute atomic E-state index is 12.9. The topological polar surface area (TPSA) is 89.7 Å². The number of hydrogen-bond acceptors (Lipinski definition) is 6. The van der Waals surface area contributed by atoms with Crippen LogP contribution < -0.4 is 14.8 Å². The molecule has 160 valence electrons. The van der Waals surface area contributed by atoms with Gasteiger partial charge < -0.3 is 24.2 Å². The average Bonchev–Trinajstić information content (AvgIpc) is 3.35. The molecular formula is C20H15F3N4O4. The van der Waals surface area contributed by atoms with Crippen LogP contribution in [0.1, 0.15) is 17.4 Å². The SMILES string of the molecule is O=C(Nc1ccc2c(c1)OCO2)N1CC(c2nc(-c3cccc(C(F)(F)F)c3)no2)C1. The van der Waals surface area contributed by atoms with Crippen LogP contribution in [0.3, 0.4) is 0 Å². The number of benzene rings is 2. The molecule has 0 aliphatic carbocycles. The number of amides is 2. The second-order valence-corrected chi connectivity index (χ2v) is 7.13. The molecule has 2 amide bonds. The molecule has 0 bridgehead atoms. The third-order valence-corrected chi connectivity index (χ3v) is 5.03. The van der Waals surface area contributed by atoms with E-state index in [2.05, 4.69) is 15.5 Å². The quantitative estimate of drug-likeness (QED) is 0.670. The number of alkyl halides is 3. The molecule has 0 radical (unpaired) electrons. The molecule has 2 aliphatic rings. The van der Waals surface area contributed by atoms with Crippen molar-refractivity contribution in [3.63, 3.8) is 0 Å². The number of fused-ring (bicyclic) bond motifs is 1. The maximum atomic E-state index is 12.9. The molecule has 1 aromatic heterocycles. The van der Waals surface area contributed by atoms with Crippen molar-refractivity contribution in [2.24, 2.45) is 0 Å². The number of hydrogen-bond donors (Lipinski definition) is 1. The second-order valence-electron chi connectivity index (χ2n) is 7.13. The van der Waals surface area contributed by atoms with Crippen LogP contribution in [0, 0.1) is 0 Å². The summed E-state index contributed by atoms with van der Waals surface area (Å²) in [4.78, 5) is 18.2. The van der Waals surface area contributed by atoms with Gasteiger partial charge in [-0.15, -0.1) is 0 Å². The van der Waals surface area contributed by atoms with Gasteiger partial charge in [-0.05, 0) is 24.3 Å². The number of carbonyl (C=O) groups is 1. The van der Waals surface area contributed by atoms with Crippen LogP contribution in [0.2, 0.25) is 0 Å². The van der Waals surface area contributed by atoms with Gasteiger partial charge in [-0.2, -0.15) is 18.2 Å². The summed E-state index contributed by atoms with van der Waals surface area (Å²) in [6.07, 6.45) is -4.46. The van der Waals surface area contributed by atoms with E-state index in [0.717, 1.165) is 12.1 Å². The van der Waals surface area contributed by atoms with Crippen molar-refractivity contribution in [1.82, 2.24) is 15.0 Å². The number of halogens is 3. The van der Waals surface area contributed by atoms with Crippen molar-refractivity contribution in [3.8, 4) is 22.9 Å². The van der Waals surface area contributed by atoms with E-state index in [9.17, 15) is 18.0 Å². The third-order valence-electron chi connectivity index (χ3n) is 5.03. The molecule has 2 aromatic carbocycles. The number of rotatable bonds is 3. The molecule has 0 spiro atoms. The molecule has 3 aromatic rings. The maximum Gasteiger partial charge on any atom is 0.416 e. The van der Waals surface area contributed by atoms with Gasteiger partial charge in [0.1, 0.15) is 0 Å². The van der Waals surface area contributed by atoms with Crippen LogP contribution in [-0.2, 0) is 6.18 Å². The summed E-state index contributed by atoms with van der Waals surface area (Å²) in [5.74, 6) is 1.35. The number of nitrogens with one attached hydrogen (secondary N) is 1. The van der Waals surface area contributed by atoms with Crippen LogP contribution in [-0.4, -0.2) is 41.0 Å². The second kappa shape index (κ2) is 7.18. The molecule has 8 nitrogen and oxygen atoms in total. The molecule has 0 saturated carbocycles. The minimum atomic E-state index is -4.46. The third kappa shape index (κ3) is 3.74. The fourth-order valence-corrected chi connectivity index (χ4v) is 3.33. The Hall–Kier alpha value is -3.76. The first kappa shape index (κ1) is 19.2. The summed E-state index contributed by atoms with van der Waals surface area (Å²) in [6.45, 7) is 0.842. The number of nitrogens with zero attached hydrogens (tertiary/aromatic N) is 3. The molecule has 5 rings (SSSR count). The Kier molecular flexibility index (Phi) is 4.45. The number of anilines is 1. The van der Waals surface area contributed by atoms with Gasteiger partial charge in [0.05, 0.1) is 11.5 Å². The highest BCUT2D eigenvalue weighted by molar-refractivity contribution is 5.90. The minimum Gasteiger partial charge on any atom is -0.454 e. The average molecular weight is 432 g/mol. The molecule has 0 unspecified atom stereocenters. The Morgan fingerprint density at radius 2 is 1.90 bits per heavy atom. The van der Waals surface area contributed by atoms with Crippen molar-refractivity contribution in [2.75, 3.05) is 25.2 Å². The first-order chi connectivity index (χ1) is 14.9. The summed E-state index contributed by atoms with van der Waals surface area (Å²) in [5.41, 5.74) is -0.00441. The largest absolute Gasteiger partial charge is 0.454 e. The predicted molar refractivity (Wildman–Crippen MR) is 101 cm³/mol. The van der Waals surface area contributed by atoms with E-state index >= 15 is 0 Å². The smallest absolute Gasteiger partial charge is 0.416 e. The van der Waals surface area contributed by atoms with Gasteiger partial charge >= 0.3 is 12.2 Å². The molecule has 2 aliphatic heterocycles. The van der Waals surface area contributed by atoms with Crippen LogP contribution >= 0.6 is 0 Å². The number of urea groups is 1. The number of ether oxygens (including phenoxy) is 2. The van der Waals surface area contributed by atoms with E-state index in [1.807, 2.05) is 0 Å². The molecule has 11 heteroatoms. The number of carbonyl (C=O) groups excluding carboxylic acids is 1. The summed E-state index contributed by atoms with van der Waals surface area (Å²) in [5, 5.41) is 6.56. The zero-order valence-electron chi connectivity index (χ0n) is 15.8.